The minimum Gasteiger partial charge on any atom is -0.380 e. The third-order valence-electron chi connectivity index (χ3n) is 3.74. The lowest BCUT2D eigenvalue weighted by Crippen LogP contribution is -2.36. The molecule has 0 unspecified atom stereocenters. The van der Waals surface area contributed by atoms with Crippen LogP contribution in [-0.4, -0.2) is 17.7 Å². The van der Waals surface area contributed by atoms with Gasteiger partial charge >= 0.3 is 0 Å². The molecular formula is C17H21N3O4. The predicted octanol–water partition coefficient (Wildman–Crippen LogP) is 1.81. The Morgan fingerprint density at radius 2 is 1.67 bits per heavy atom. The maximum atomic E-state index is 11.7. The Kier molecular flexibility index (Phi) is 6.08. The van der Waals surface area contributed by atoms with Gasteiger partial charge in [-0.25, -0.2) is 5.48 Å². The van der Waals surface area contributed by atoms with E-state index < -0.39 is 16.8 Å². The van der Waals surface area contributed by atoms with Crippen molar-refractivity contribution in [1.82, 2.24) is 5.48 Å². The van der Waals surface area contributed by atoms with Crippen molar-refractivity contribution in [2.24, 2.45) is 0 Å². The lowest BCUT2D eigenvalue weighted by atomic mass is 10.1. The van der Waals surface area contributed by atoms with E-state index in [4.69, 9.17) is 5.21 Å². The number of unbranched alkanes of at least 4 members (excludes halogenated alkanes) is 2. The maximum Gasteiger partial charge on any atom is 0.253 e. The average Bonchev–Trinajstić information content (AvgIpc) is 2.60. The summed E-state index contributed by atoms with van der Waals surface area (Å²) in [5.74, 6) is -0.407. The Bertz CT molecular complexity index is 761. The highest BCUT2D eigenvalue weighted by Crippen LogP contribution is 2.21. The second kappa shape index (κ2) is 8.26. The molecule has 0 aromatic heterocycles. The van der Waals surface area contributed by atoms with Gasteiger partial charge < -0.3 is 10.6 Å². The molecule has 0 aliphatic rings. The van der Waals surface area contributed by atoms with Crippen molar-refractivity contribution in [2.75, 3.05) is 17.2 Å². The van der Waals surface area contributed by atoms with Crippen molar-refractivity contribution in [3.63, 3.8) is 0 Å². The summed E-state index contributed by atoms with van der Waals surface area (Å²) in [6.45, 7) is 2.51. The predicted molar refractivity (Wildman–Crippen MR) is 92.7 cm³/mol. The molecule has 0 saturated heterocycles. The third kappa shape index (κ3) is 4.42. The first-order valence-corrected chi connectivity index (χ1v) is 7.86. The quantitative estimate of drug-likeness (QED) is 0.242. The lowest BCUT2D eigenvalue weighted by Gasteiger charge is -2.15. The molecule has 2 aromatic rings. The molecule has 0 atom stereocenters. The first-order valence-electron chi connectivity index (χ1n) is 7.86. The van der Waals surface area contributed by atoms with E-state index in [1.54, 1.807) is 5.48 Å². The van der Waals surface area contributed by atoms with Gasteiger partial charge in [0.2, 0.25) is 5.91 Å². The van der Waals surface area contributed by atoms with E-state index in [0.29, 0.717) is 24.3 Å². The zero-order valence-electron chi connectivity index (χ0n) is 13.5. The first kappa shape index (κ1) is 17.7. The van der Waals surface area contributed by atoms with E-state index in [-0.39, 0.29) is 6.42 Å². The van der Waals surface area contributed by atoms with Gasteiger partial charge in [-0.3, -0.25) is 19.6 Å². The van der Waals surface area contributed by atoms with Crippen LogP contribution in [0.15, 0.2) is 33.9 Å². The first-order chi connectivity index (χ1) is 11.5. The number of hydrogen-bond donors (Lipinski definition) is 4. The number of hydroxylamine groups is 1. The maximum absolute atomic E-state index is 11.7. The van der Waals surface area contributed by atoms with Crippen LogP contribution < -0.4 is 27.0 Å². The van der Waals surface area contributed by atoms with Crippen molar-refractivity contribution >= 4 is 23.0 Å². The van der Waals surface area contributed by atoms with Gasteiger partial charge in [-0.15, -0.1) is 0 Å². The van der Waals surface area contributed by atoms with E-state index in [2.05, 4.69) is 10.6 Å². The summed E-state index contributed by atoms with van der Waals surface area (Å²) in [4.78, 5) is 34.2. The third-order valence-corrected chi connectivity index (χ3v) is 3.74. The van der Waals surface area contributed by atoms with Crippen LogP contribution in [-0.2, 0) is 4.79 Å². The molecule has 24 heavy (non-hydrogen) atoms. The van der Waals surface area contributed by atoms with Crippen molar-refractivity contribution in [3.05, 3.63) is 50.3 Å². The number of rotatable bonds is 9. The Hall–Kier alpha value is -2.67. The molecule has 1 amide bonds. The highest BCUT2D eigenvalue weighted by molar-refractivity contribution is 5.78. The van der Waals surface area contributed by atoms with Gasteiger partial charge in [0, 0.05) is 18.7 Å². The molecule has 7 nitrogen and oxygen atoms in total. The van der Waals surface area contributed by atoms with Gasteiger partial charge in [0.05, 0.1) is 0 Å². The number of carbonyl (C=O) groups excluding carboxylic acids is 1. The van der Waals surface area contributed by atoms with Gasteiger partial charge in [-0.05, 0) is 31.9 Å². The molecule has 0 aliphatic heterocycles. The normalized spacial score (nSPS) is 10.6. The van der Waals surface area contributed by atoms with Crippen LogP contribution in [0.2, 0.25) is 0 Å². The molecule has 0 aliphatic carbocycles. The second-order valence-corrected chi connectivity index (χ2v) is 5.67. The molecular weight excluding hydrogens is 310 g/mol. The smallest absolute Gasteiger partial charge is 0.253 e. The zero-order valence-corrected chi connectivity index (χ0v) is 13.5. The van der Waals surface area contributed by atoms with Crippen molar-refractivity contribution in [1.29, 1.82) is 0 Å². The summed E-state index contributed by atoms with van der Waals surface area (Å²) in [5, 5.41) is 14.3. The van der Waals surface area contributed by atoms with Crippen LogP contribution in [0, 0.1) is 6.92 Å². The van der Waals surface area contributed by atoms with Crippen molar-refractivity contribution in [2.45, 2.75) is 32.6 Å². The van der Waals surface area contributed by atoms with Gasteiger partial charge in [-0.1, -0.05) is 24.1 Å². The van der Waals surface area contributed by atoms with Crippen LogP contribution in [0.25, 0.3) is 0 Å². The largest absolute Gasteiger partial charge is 0.380 e. The SMILES string of the molecule is Cc1ccc(Nc2c(NCCCCCC(=O)NO)c(=O)c2=O)cc1. The fraction of sp³-hybridized carbons (Fsp3) is 0.353. The molecule has 128 valence electrons. The lowest BCUT2D eigenvalue weighted by molar-refractivity contribution is -0.129. The molecule has 2 aromatic carbocycles. The Morgan fingerprint density at radius 1 is 1.00 bits per heavy atom. The van der Waals surface area contributed by atoms with Crippen LogP contribution >= 0.6 is 0 Å². The van der Waals surface area contributed by atoms with E-state index in [1.807, 2.05) is 31.2 Å². The molecule has 4 N–H and O–H groups in total. The number of hydrogen-bond acceptors (Lipinski definition) is 6. The highest BCUT2D eigenvalue weighted by Gasteiger charge is 2.20. The summed E-state index contributed by atoms with van der Waals surface area (Å²) < 4.78 is 0. The van der Waals surface area contributed by atoms with E-state index in [0.717, 1.165) is 24.1 Å². The van der Waals surface area contributed by atoms with Crippen molar-refractivity contribution < 1.29 is 10.0 Å². The molecule has 0 spiro atoms. The Labute approximate surface area is 139 Å². The molecule has 0 fully saturated rings. The van der Waals surface area contributed by atoms with E-state index in [9.17, 15) is 14.4 Å². The minimum atomic E-state index is -0.516. The topological polar surface area (TPSA) is 108 Å². The fourth-order valence-electron chi connectivity index (χ4n) is 2.32. The number of nitrogens with one attached hydrogen (secondary N) is 3. The molecule has 2 rings (SSSR count). The highest BCUT2D eigenvalue weighted by atomic mass is 16.5. The van der Waals surface area contributed by atoms with Crippen LogP contribution in [0.3, 0.4) is 0 Å². The number of benzene rings is 1. The summed E-state index contributed by atoms with van der Waals surface area (Å²) >= 11 is 0. The zero-order chi connectivity index (χ0) is 17.5. The summed E-state index contributed by atoms with van der Waals surface area (Å²) in [5.41, 5.74) is 3.03. The molecule has 0 bridgehead atoms. The fourth-order valence-corrected chi connectivity index (χ4v) is 2.32. The Morgan fingerprint density at radius 3 is 2.33 bits per heavy atom. The number of carbonyl (C=O) groups is 1. The average molecular weight is 331 g/mol. The number of anilines is 3. The van der Waals surface area contributed by atoms with Crippen molar-refractivity contribution in [3.8, 4) is 0 Å². The van der Waals surface area contributed by atoms with Gasteiger partial charge in [-0.2, -0.15) is 0 Å². The van der Waals surface area contributed by atoms with Gasteiger partial charge in [0.15, 0.2) is 0 Å². The summed E-state index contributed by atoms with van der Waals surface area (Å²) in [7, 11) is 0. The monoisotopic (exact) mass is 331 g/mol. The molecule has 0 heterocycles. The molecule has 0 saturated carbocycles. The Balaban J connectivity index is 1.83. The summed E-state index contributed by atoms with van der Waals surface area (Å²) in [6.07, 6.45) is 2.43. The van der Waals surface area contributed by atoms with Gasteiger partial charge in [0.1, 0.15) is 11.4 Å². The van der Waals surface area contributed by atoms with Crippen LogP contribution in [0.5, 0.6) is 0 Å². The minimum absolute atomic E-state index is 0.261. The van der Waals surface area contributed by atoms with Gasteiger partial charge in [0.25, 0.3) is 10.9 Å². The van der Waals surface area contributed by atoms with E-state index >= 15 is 0 Å². The second-order valence-electron chi connectivity index (χ2n) is 5.67. The standard InChI is InChI=1S/C17H21N3O4/c1-11-6-8-12(9-7-11)19-15-14(16(22)17(15)23)18-10-4-2-3-5-13(21)20-24/h6-9,18-19,24H,2-5,10H2,1H3,(H,20,21). The number of aryl methyl sites for hydroxylation is 1. The van der Waals surface area contributed by atoms with Crippen LogP contribution in [0.1, 0.15) is 31.2 Å². The van der Waals surface area contributed by atoms with Crippen LogP contribution in [0.4, 0.5) is 17.1 Å². The summed E-state index contributed by atoms with van der Waals surface area (Å²) in [6, 6.07) is 7.54. The van der Waals surface area contributed by atoms with E-state index in [1.165, 1.54) is 0 Å². The number of amides is 1. The molecule has 0 radical (unpaired) electrons. The molecule has 7 heteroatoms.